The molecule has 5 nitrogen and oxygen atoms in total. The molecule has 8 heteroatoms. The molecule has 21 heavy (non-hydrogen) atoms. The quantitative estimate of drug-likeness (QED) is 0.793. The van der Waals surface area contributed by atoms with E-state index in [0.717, 1.165) is 16.2 Å². The molecule has 0 aliphatic heterocycles. The number of fused-ring (bicyclic) bond motifs is 1. The molecule has 0 aliphatic carbocycles. The van der Waals surface area contributed by atoms with Gasteiger partial charge in [0.1, 0.15) is 0 Å². The smallest absolute Gasteiger partial charge is 0.240 e. The van der Waals surface area contributed by atoms with Crippen molar-refractivity contribution in [3.8, 4) is 0 Å². The standard InChI is InChI=1S/C13H12ClN3O2S2/c1-9-2-3-11(6-12(9)14)21(18,19)16-7-10-8-20-13-15-4-5-17(10)13/h2-6,8,16H,7H2,1H3. The third-order valence-electron chi connectivity index (χ3n) is 3.11. The van der Waals surface area contributed by atoms with Gasteiger partial charge in [-0.2, -0.15) is 0 Å². The van der Waals surface area contributed by atoms with Gasteiger partial charge >= 0.3 is 0 Å². The van der Waals surface area contributed by atoms with E-state index >= 15 is 0 Å². The molecule has 0 spiro atoms. The molecule has 3 aromatic rings. The number of nitrogens with one attached hydrogen (secondary N) is 1. The van der Waals surface area contributed by atoms with Crippen LogP contribution in [0.3, 0.4) is 0 Å². The Morgan fingerprint density at radius 2 is 2.24 bits per heavy atom. The normalized spacial score (nSPS) is 12.1. The summed E-state index contributed by atoms with van der Waals surface area (Å²) < 4.78 is 29.0. The van der Waals surface area contributed by atoms with Gasteiger partial charge in [-0.3, -0.25) is 4.40 Å². The summed E-state index contributed by atoms with van der Waals surface area (Å²) in [4.78, 5) is 5.15. The molecule has 3 rings (SSSR count). The van der Waals surface area contributed by atoms with Crippen LogP contribution in [-0.2, 0) is 16.6 Å². The lowest BCUT2D eigenvalue weighted by Gasteiger charge is -2.07. The molecule has 1 aromatic carbocycles. The predicted octanol–water partition coefficient (Wildman–Crippen LogP) is 2.84. The monoisotopic (exact) mass is 341 g/mol. The maximum Gasteiger partial charge on any atom is 0.240 e. The lowest BCUT2D eigenvalue weighted by atomic mass is 10.2. The molecule has 0 atom stereocenters. The van der Waals surface area contributed by atoms with E-state index in [4.69, 9.17) is 11.6 Å². The van der Waals surface area contributed by atoms with Crippen LogP contribution in [-0.4, -0.2) is 17.8 Å². The van der Waals surface area contributed by atoms with Gasteiger partial charge in [0.25, 0.3) is 0 Å². The van der Waals surface area contributed by atoms with Gasteiger partial charge in [-0.25, -0.2) is 18.1 Å². The third kappa shape index (κ3) is 2.82. The maximum atomic E-state index is 12.3. The van der Waals surface area contributed by atoms with Crippen LogP contribution in [0.25, 0.3) is 4.96 Å². The van der Waals surface area contributed by atoms with Crippen molar-refractivity contribution in [2.45, 2.75) is 18.4 Å². The SMILES string of the molecule is Cc1ccc(S(=O)(=O)NCc2csc3nccn23)cc1Cl. The lowest BCUT2D eigenvalue weighted by Crippen LogP contribution is -2.23. The molecule has 2 aromatic heterocycles. The Kier molecular flexibility index (Phi) is 3.75. The Balaban J connectivity index is 1.83. The van der Waals surface area contributed by atoms with Gasteiger partial charge in [0.2, 0.25) is 10.0 Å². The fraction of sp³-hybridized carbons (Fsp3) is 0.154. The summed E-state index contributed by atoms with van der Waals surface area (Å²) in [5.74, 6) is 0. The summed E-state index contributed by atoms with van der Waals surface area (Å²) in [5, 5.41) is 2.32. The molecule has 2 heterocycles. The topological polar surface area (TPSA) is 63.5 Å². The van der Waals surface area contributed by atoms with Gasteiger partial charge in [0.15, 0.2) is 4.96 Å². The van der Waals surface area contributed by atoms with Crippen molar-refractivity contribution in [1.29, 1.82) is 0 Å². The van der Waals surface area contributed by atoms with E-state index in [1.54, 1.807) is 24.5 Å². The van der Waals surface area contributed by atoms with E-state index < -0.39 is 10.0 Å². The van der Waals surface area contributed by atoms with Gasteiger partial charge in [0, 0.05) is 28.5 Å². The number of aromatic nitrogens is 2. The van der Waals surface area contributed by atoms with E-state index in [9.17, 15) is 8.42 Å². The Bertz CT molecular complexity index is 899. The summed E-state index contributed by atoms with van der Waals surface area (Å²) in [6, 6.07) is 4.69. The van der Waals surface area contributed by atoms with Gasteiger partial charge in [-0.15, -0.1) is 11.3 Å². The van der Waals surface area contributed by atoms with Crippen molar-refractivity contribution in [3.63, 3.8) is 0 Å². The first-order chi connectivity index (χ1) is 9.97. The van der Waals surface area contributed by atoms with Gasteiger partial charge in [-0.1, -0.05) is 17.7 Å². The number of hydrogen-bond acceptors (Lipinski definition) is 4. The fourth-order valence-electron chi connectivity index (χ4n) is 1.89. The van der Waals surface area contributed by atoms with Gasteiger partial charge in [0.05, 0.1) is 11.4 Å². The van der Waals surface area contributed by atoms with Crippen LogP contribution in [0.4, 0.5) is 0 Å². The molecule has 0 amide bonds. The average Bonchev–Trinajstić information content (AvgIpc) is 3.03. The van der Waals surface area contributed by atoms with E-state index in [-0.39, 0.29) is 11.4 Å². The van der Waals surface area contributed by atoms with Crippen LogP contribution in [0.2, 0.25) is 5.02 Å². The van der Waals surface area contributed by atoms with E-state index in [1.165, 1.54) is 17.4 Å². The Morgan fingerprint density at radius 1 is 1.43 bits per heavy atom. The number of aryl methyl sites for hydroxylation is 1. The van der Waals surface area contributed by atoms with E-state index in [1.807, 2.05) is 16.7 Å². The van der Waals surface area contributed by atoms with Gasteiger partial charge < -0.3 is 0 Å². The summed E-state index contributed by atoms with van der Waals surface area (Å²) in [7, 11) is -3.59. The minimum atomic E-state index is -3.59. The lowest BCUT2D eigenvalue weighted by molar-refractivity contribution is 0.580. The maximum absolute atomic E-state index is 12.3. The number of thiazole rings is 1. The molecule has 0 saturated heterocycles. The minimum Gasteiger partial charge on any atom is -0.293 e. The van der Waals surface area contributed by atoms with Crippen molar-refractivity contribution >= 4 is 37.9 Å². The largest absolute Gasteiger partial charge is 0.293 e. The molecule has 0 unspecified atom stereocenters. The highest BCUT2D eigenvalue weighted by Gasteiger charge is 2.16. The predicted molar refractivity (Wildman–Crippen MR) is 83.3 cm³/mol. The fourth-order valence-corrected chi connectivity index (χ4v) is 4.01. The Morgan fingerprint density at radius 3 is 3.00 bits per heavy atom. The van der Waals surface area contributed by atoms with Crippen LogP contribution in [0, 0.1) is 6.92 Å². The minimum absolute atomic E-state index is 0.162. The molecule has 0 saturated carbocycles. The molecule has 0 bridgehead atoms. The highest BCUT2D eigenvalue weighted by molar-refractivity contribution is 7.89. The Labute approximate surface area is 131 Å². The molecular weight excluding hydrogens is 330 g/mol. The van der Waals surface area contributed by atoms with Crippen molar-refractivity contribution in [3.05, 3.63) is 52.3 Å². The van der Waals surface area contributed by atoms with Crippen LogP contribution in [0.15, 0.2) is 40.9 Å². The van der Waals surface area contributed by atoms with Crippen LogP contribution in [0.1, 0.15) is 11.3 Å². The summed E-state index contributed by atoms with van der Waals surface area (Å²) in [6.07, 6.45) is 3.49. The molecule has 0 fully saturated rings. The molecular formula is C13H12ClN3O2S2. The number of sulfonamides is 1. The van der Waals surface area contributed by atoms with E-state index in [0.29, 0.717) is 5.02 Å². The summed E-state index contributed by atoms with van der Waals surface area (Å²) in [5.41, 5.74) is 1.68. The summed E-state index contributed by atoms with van der Waals surface area (Å²) >= 11 is 7.45. The van der Waals surface area contributed by atoms with Crippen molar-refractivity contribution < 1.29 is 8.42 Å². The second-order valence-corrected chi connectivity index (χ2v) is 7.55. The number of nitrogens with zero attached hydrogens (tertiary/aromatic N) is 2. The number of hydrogen-bond donors (Lipinski definition) is 1. The zero-order valence-corrected chi connectivity index (χ0v) is 13.5. The van der Waals surface area contributed by atoms with Crippen molar-refractivity contribution in [1.82, 2.24) is 14.1 Å². The zero-order valence-electron chi connectivity index (χ0n) is 11.1. The van der Waals surface area contributed by atoms with Gasteiger partial charge in [-0.05, 0) is 24.6 Å². The highest BCUT2D eigenvalue weighted by atomic mass is 35.5. The Hall–Kier alpha value is -1.41. The van der Waals surface area contributed by atoms with Crippen molar-refractivity contribution in [2.24, 2.45) is 0 Å². The molecule has 0 aliphatic rings. The van der Waals surface area contributed by atoms with E-state index in [2.05, 4.69) is 9.71 Å². The first-order valence-corrected chi connectivity index (χ1v) is 8.87. The summed E-state index contributed by atoms with van der Waals surface area (Å²) in [6.45, 7) is 2.03. The number of rotatable bonds is 4. The number of halogens is 1. The zero-order chi connectivity index (χ0) is 15.0. The number of imidazole rings is 1. The first-order valence-electron chi connectivity index (χ1n) is 6.12. The third-order valence-corrected chi connectivity index (χ3v) is 5.82. The van der Waals surface area contributed by atoms with Crippen molar-refractivity contribution in [2.75, 3.05) is 0 Å². The molecule has 0 radical (unpaired) electrons. The first kappa shape index (κ1) is 14.5. The molecule has 1 N–H and O–H groups in total. The highest BCUT2D eigenvalue weighted by Crippen LogP contribution is 2.20. The average molecular weight is 342 g/mol. The number of benzene rings is 1. The second-order valence-electron chi connectivity index (χ2n) is 4.54. The second kappa shape index (κ2) is 5.42. The van der Waals surface area contributed by atoms with Crippen LogP contribution in [0.5, 0.6) is 0 Å². The van der Waals surface area contributed by atoms with Crippen LogP contribution >= 0.6 is 22.9 Å². The molecule has 110 valence electrons. The van der Waals surface area contributed by atoms with Crippen LogP contribution < -0.4 is 4.72 Å².